The normalized spacial score (nSPS) is 19.5. The molecule has 1 saturated heterocycles. The first kappa shape index (κ1) is 42.8. The minimum Gasteiger partial charge on any atom is -0.469 e. The largest absolute Gasteiger partial charge is 0.469 e. The minimum absolute atomic E-state index is 0.0353. The van der Waals surface area contributed by atoms with E-state index in [2.05, 4.69) is 30.5 Å². The number of thiazole rings is 1. The molecule has 0 radical (unpaired) electrons. The number of esters is 2. The summed E-state index contributed by atoms with van der Waals surface area (Å²) in [6, 6.07) is -1.84. The van der Waals surface area contributed by atoms with E-state index in [1.54, 1.807) is 36.6 Å². The van der Waals surface area contributed by atoms with Gasteiger partial charge >= 0.3 is 11.9 Å². The van der Waals surface area contributed by atoms with Crippen LogP contribution < -0.4 is 10.6 Å². The van der Waals surface area contributed by atoms with E-state index in [1.165, 1.54) is 25.4 Å². The SMILES string of the molecule is COC(=O)[C@@H](C)C[C@H](Cc1ncc(C)cn1)NC(=O)c1csc([C@@H](C[C@H](C(C)C)N(C)C(=O)[C@@H](NC(=O)[C@H]2CCCCN2C)[C@@H](C)C2CC2)OC(C)=O)n1. The summed E-state index contributed by atoms with van der Waals surface area (Å²) in [6.07, 6.45) is 8.22. The summed E-state index contributed by atoms with van der Waals surface area (Å²) >= 11 is 1.19. The summed E-state index contributed by atoms with van der Waals surface area (Å²) in [5, 5.41) is 8.17. The number of carbonyl (C=O) groups is 5. The second kappa shape index (κ2) is 19.6. The van der Waals surface area contributed by atoms with Crippen LogP contribution in [0.3, 0.4) is 0 Å². The molecule has 0 aromatic carbocycles. The fourth-order valence-electron chi connectivity index (χ4n) is 7.31. The summed E-state index contributed by atoms with van der Waals surface area (Å²) in [4.78, 5) is 83.3. The van der Waals surface area contributed by atoms with Crippen LogP contribution in [0.25, 0.3) is 0 Å². The van der Waals surface area contributed by atoms with Crippen LogP contribution in [0.15, 0.2) is 17.8 Å². The van der Waals surface area contributed by atoms with Crippen molar-refractivity contribution < 1.29 is 33.4 Å². The van der Waals surface area contributed by atoms with Gasteiger partial charge in [0.25, 0.3) is 5.91 Å². The molecule has 1 aliphatic carbocycles. The zero-order chi connectivity index (χ0) is 39.7. The molecule has 2 aliphatic rings. The molecule has 0 unspecified atom stereocenters. The highest BCUT2D eigenvalue weighted by Crippen LogP contribution is 2.39. The third-order valence-corrected chi connectivity index (χ3v) is 11.7. The van der Waals surface area contributed by atoms with E-state index < -0.39 is 42.0 Å². The first-order valence-corrected chi connectivity index (χ1v) is 20.0. The molecule has 3 heterocycles. The lowest BCUT2D eigenvalue weighted by atomic mass is 9.91. The molecule has 15 heteroatoms. The second-order valence-electron chi connectivity index (χ2n) is 15.6. The number of carbonyl (C=O) groups excluding carboxylic acids is 5. The van der Waals surface area contributed by atoms with E-state index in [9.17, 15) is 24.0 Å². The topological polar surface area (TPSA) is 173 Å². The number of likely N-dealkylation sites (tertiary alicyclic amines) is 1. The molecular formula is C39H59N7O7S. The summed E-state index contributed by atoms with van der Waals surface area (Å²) < 4.78 is 10.7. The van der Waals surface area contributed by atoms with Crippen molar-refractivity contribution in [2.45, 2.75) is 123 Å². The average Bonchev–Trinajstić information content (AvgIpc) is 3.87. The highest BCUT2D eigenvalue weighted by molar-refractivity contribution is 7.09. The number of amides is 3. The van der Waals surface area contributed by atoms with E-state index in [1.807, 2.05) is 34.7 Å². The Morgan fingerprint density at radius 1 is 1.02 bits per heavy atom. The number of ether oxygens (including phenoxy) is 2. The summed E-state index contributed by atoms with van der Waals surface area (Å²) in [5.41, 5.74) is 1.03. The Morgan fingerprint density at radius 2 is 1.70 bits per heavy atom. The molecule has 0 spiro atoms. The molecule has 0 bridgehead atoms. The Morgan fingerprint density at radius 3 is 2.30 bits per heavy atom. The Hall–Kier alpha value is -3.98. The Kier molecular flexibility index (Phi) is 15.5. The first-order chi connectivity index (χ1) is 25.6. The van der Waals surface area contributed by atoms with Gasteiger partial charge in [0, 0.05) is 56.7 Å². The van der Waals surface area contributed by atoms with Gasteiger partial charge in [-0.25, -0.2) is 15.0 Å². The number of aromatic nitrogens is 3. The number of nitrogens with one attached hydrogen (secondary N) is 2. The number of hydrogen-bond acceptors (Lipinski definition) is 12. The van der Waals surface area contributed by atoms with Crippen LogP contribution in [0.4, 0.5) is 0 Å². The smallest absolute Gasteiger partial charge is 0.308 e. The minimum atomic E-state index is -0.836. The van der Waals surface area contributed by atoms with Crippen molar-refractivity contribution in [1.29, 1.82) is 0 Å². The Bertz CT molecular complexity index is 1600. The van der Waals surface area contributed by atoms with Gasteiger partial charge in [-0.1, -0.05) is 34.1 Å². The van der Waals surface area contributed by atoms with E-state index in [-0.39, 0.29) is 60.7 Å². The van der Waals surface area contributed by atoms with E-state index in [0.29, 0.717) is 16.7 Å². The predicted molar refractivity (Wildman–Crippen MR) is 204 cm³/mol. The predicted octanol–water partition coefficient (Wildman–Crippen LogP) is 4.27. The lowest BCUT2D eigenvalue weighted by molar-refractivity contribution is -0.149. The summed E-state index contributed by atoms with van der Waals surface area (Å²) in [6.45, 7) is 11.8. The number of likely N-dealkylation sites (N-methyl/N-ethyl adjacent to an activating group) is 2. The lowest BCUT2D eigenvalue weighted by Gasteiger charge is -2.38. The standard InChI is InChI=1S/C39H59N7O7S/c1-22(2)31(46(8)38(50)34(25(5)27-13-14-27)44-36(49)30-12-10-11-15-45(30)7)18-32(53-26(6)47)37-43-29(21-54-37)35(48)42-28(16-24(4)39(51)52-9)17-33-40-19-23(3)20-41-33/h19-22,24-25,27-28,30-32,34H,10-18H2,1-9H3,(H,42,48)(H,44,49)/t24-,25-,28+,30+,31+,32+,34-/m0/s1. The van der Waals surface area contributed by atoms with Gasteiger partial charge in [0.2, 0.25) is 11.8 Å². The van der Waals surface area contributed by atoms with Crippen molar-refractivity contribution in [2.75, 3.05) is 27.7 Å². The van der Waals surface area contributed by atoms with E-state index in [4.69, 9.17) is 9.47 Å². The third kappa shape index (κ3) is 11.8. The Balaban J connectivity index is 1.52. The number of aryl methyl sites for hydroxylation is 1. The summed E-state index contributed by atoms with van der Waals surface area (Å²) in [5.74, 6) is -1.34. The number of nitrogens with zero attached hydrogens (tertiary/aromatic N) is 5. The van der Waals surface area contributed by atoms with E-state index >= 15 is 0 Å². The zero-order valence-corrected chi connectivity index (χ0v) is 34.1. The highest BCUT2D eigenvalue weighted by Gasteiger charge is 2.42. The highest BCUT2D eigenvalue weighted by atomic mass is 32.1. The molecule has 298 valence electrons. The monoisotopic (exact) mass is 769 g/mol. The van der Waals surface area contributed by atoms with Crippen LogP contribution in [-0.4, -0.2) is 106 Å². The maximum atomic E-state index is 14.4. The maximum absolute atomic E-state index is 14.4. The van der Waals surface area contributed by atoms with Crippen molar-refractivity contribution in [3.8, 4) is 0 Å². The number of piperidine rings is 1. The van der Waals surface area contributed by atoms with Crippen molar-refractivity contribution in [3.05, 3.63) is 39.9 Å². The molecule has 2 N–H and O–H groups in total. The maximum Gasteiger partial charge on any atom is 0.308 e. The van der Waals surface area contributed by atoms with Crippen LogP contribution >= 0.6 is 11.3 Å². The fourth-order valence-corrected chi connectivity index (χ4v) is 8.15. The van der Waals surface area contributed by atoms with Crippen molar-refractivity contribution >= 4 is 41.0 Å². The van der Waals surface area contributed by atoms with Crippen LogP contribution in [-0.2, 0) is 35.1 Å². The van der Waals surface area contributed by atoms with Gasteiger partial charge in [0.15, 0.2) is 6.10 Å². The molecule has 2 aromatic rings. The third-order valence-electron chi connectivity index (χ3n) is 10.8. The first-order valence-electron chi connectivity index (χ1n) is 19.2. The van der Waals surface area contributed by atoms with Crippen molar-refractivity contribution in [2.24, 2.45) is 23.7 Å². The zero-order valence-electron chi connectivity index (χ0n) is 33.3. The Labute approximate surface area is 323 Å². The van der Waals surface area contributed by atoms with Gasteiger partial charge in [-0.2, -0.15) is 0 Å². The number of rotatable bonds is 18. The van der Waals surface area contributed by atoms with Crippen LogP contribution in [0.2, 0.25) is 0 Å². The van der Waals surface area contributed by atoms with Gasteiger partial charge in [-0.3, -0.25) is 28.9 Å². The molecule has 1 saturated carbocycles. The molecule has 54 heavy (non-hydrogen) atoms. The van der Waals surface area contributed by atoms with Gasteiger partial charge < -0.3 is 25.0 Å². The quantitative estimate of drug-likeness (QED) is 0.207. The summed E-state index contributed by atoms with van der Waals surface area (Å²) in [7, 11) is 5.03. The number of hydrogen-bond donors (Lipinski definition) is 2. The van der Waals surface area contributed by atoms with Crippen molar-refractivity contribution in [3.63, 3.8) is 0 Å². The molecule has 1 aliphatic heterocycles. The van der Waals surface area contributed by atoms with Gasteiger partial charge in [0.1, 0.15) is 22.6 Å². The van der Waals surface area contributed by atoms with Crippen molar-refractivity contribution in [1.82, 2.24) is 35.4 Å². The molecule has 4 rings (SSSR count). The van der Waals surface area contributed by atoms with Gasteiger partial charge in [-0.15, -0.1) is 11.3 Å². The fraction of sp³-hybridized carbons (Fsp3) is 0.692. The van der Waals surface area contributed by atoms with Gasteiger partial charge in [-0.05, 0) is 75.9 Å². The molecule has 14 nitrogen and oxygen atoms in total. The van der Waals surface area contributed by atoms with Gasteiger partial charge in [0.05, 0.1) is 19.1 Å². The molecular weight excluding hydrogens is 711 g/mol. The van der Waals surface area contributed by atoms with Crippen LogP contribution in [0, 0.1) is 30.6 Å². The molecule has 7 atom stereocenters. The van der Waals surface area contributed by atoms with Crippen LogP contribution in [0.5, 0.6) is 0 Å². The molecule has 3 amide bonds. The second-order valence-corrected chi connectivity index (χ2v) is 16.4. The molecule has 2 fully saturated rings. The van der Waals surface area contributed by atoms with E-state index in [0.717, 1.165) is 44.2 Å². The number of methoxy groups -OCH3 is 1. The average molecular weight is 770 g/mol. The lowest BCUT2D eigenvalue weighted by Crippen LogP contribution is -2.58. The van der Waals surface area contributed by atoms with Crippen LogP contribution in [0.1, 0.15) is 113 Å². The molecule has 2 aromatic heterocycles.